The normalized spacial score (nSPS) is 12.9. The molecule has 0 aromatic carbocycles. The molecule has 17 heavy (non-hydrogen) atoms. The van der Waals surface area contributed by atoms with Crippen molar-refractivity contribution in [2.75, 3.05) is 6.54 Å². The molecule has 0 bridgehead atoms. The number of sulfonamides is 1. The third kappa shape index (κ3) is 2.34. The quantitative estimate of drug-likeness (QED) is 0.822. The summed E-state index contributed by atoms with van der Waals surface area (Å²) < 4.78 is 25.4. The van der Waals surface area contributed by atoms with Crippen molar-refractivity contribution in [2.45, 2.75) is 31.2 Å². The summed E-state index contributed by atoms with van der Waals surface area (Å²) in [7, 11) is -3.79. The molecule has 0 spiro atoms. The Morgan fingerprint density at radius 1 is 1.53 bits per heavy atom. The fourth-order valence-electron chi connectivity index (χ4n) is 1.57. The zero-order chi connectivity index (χ0) is 13.3. The maximum atomic E-state index is 12.2. The van der Waals surface area contributed by atoms with Crippen LogP contribution in [0.2, 0.25) is 0 Å². The van der Waals surface area contributed by atoms with Gasteiger partial charge >= 0.3 is 5.97 Å². The van der Waals surface area contributed by atoms with Crippen LogP contribution in [0.4, 0.5) is 0 Å². The Hall–Kier alpha value is -1.34. The third-order valence-electron chi connectivity index (χ3n) is 2.59. The minimum Gasteiger partial charge on any atom is -0.480 e. The molecule has 0 amide bonds. The highest BCUT2D eigenvalue weighted by Gasteiger charge is 2.41. The zero-order valence-electron chi connectivity index (χ0n) is 9.97. The number of H-pyrrole nitrogens is 1. The van der Waals surface area contributed by atoms with Gasteiger partial charge in [-0.3, -0.25) is 4.79 Å². The number of carbonyl (C=O) groups is 1. The van der Waals surface area contributed by atoms with E-state index in [4.69, 9.17) is 5.11 Å². The van der Waals surface area contributed by atoms with Crippen molar-refractivity contribution in [1.29, 1.82) is 0 Å². The molecular formula is C10H16N2O4S. The van der Waals surface area contributed by atoms with Crippen LogP contribution in [0.25, 0.3) is 0 Å². The van der Waals surface area contributed by atoms with E-state index in [1.54, 1.807) is 6.92 Å². The van der Waals surface area contributed by atoms with Crippen molar-refractivity contribution >= 4 is 16.0 Å². The van der Waals surface area contributed by atoms with Crippen LogP contribution in [0, 0.1) is 0 Å². The fourth-order valence-corrected chi connectivity index (χ4v) is 3.30. The van der Waals surface area contributed by atoms with Gasteiger partial charge in [0, 0.05) is 18.9 Å². The minimum atomic E-state index is -3.79. The number of carboxylic acids is 1. The predicted molar refractivity (Wildman–Crippen MR) is 62.1 cm³/mol. The molecule has 0 aliphatic rings. The van der Waals surface area contributed by atoms with Crippen LogP contribution in [0.15, 0.2) is 23.4 Å². The monoisotopic (exact) mass is 260 g/mol. The number of likely N-dealkylation sites (N-methyl/N-ethyl adjacent to an activating group) is 1. The van der Waals surface area contributed by atoms with Gasteiger partial charge in [-0.15, -0.1) is 0 Å². The van der Waals surface area contributed by atoms with Gasteiger partial charge in [0.15, 0.2) is 0 Å². The highest BCUT2D eigenvalue weighted by Crippen LogP contribution is 2.24. The van der Waals surface area contributed by atoms with Gasteiger partial charge in [0.1, 0.15) is 5.54 Å². The summed E-state index contributed by atoms with van der Waals surface area (Å²) in [4.78, 5) is 13.8. The van der Waals surface area contributed by atoms with Gasteiger partial charge < -0.3 is 10.1 Å². The molecule has 6 nitrogen and oxygen atoms in total. The maximum Gasteiger partial charge on any atom is 0.324 e. The lowest BCUT2D eigenvalue weighted by atomic mass is 10.1. The molecule has 1 aromatic rings. The van der Waals surface area contributed by atoms with Crippen LogP contribution < -0.4 is 0 Å². The Kier molecular flexibility index (Phi) is 3.63. The minimum absolute atomic E-state index is 0.0636. The Morgan fingerprint density at radius 3 is 2.47 bits per heavy atom. The van der Waals surface area contributed by atoms with Gasteiger partial charge in [-0.1, -0.05) is 6.92 Å². The van der Waals surface area contributed by atoms with Gasteiger partial charge in [-0.25, -0.2) is 8.42 Å². The van der Waals surface area contributed by atoms with Crippen molar-refractivity contribution in [3.8, 4) is 0 Å². The van der Waals surface area contributed by atoms with Crippen LogP contribution in [-0.4, -0.2) is 40.9 Å². The number of hydrogen-bond acceptors (Lipinski definition) is 3. The lowest BCUT2D eigenvalue weighted by Gasteiger charge is -2.32. The molecule has 1 heterocycles. The Balaban J connectivity index is 3.25. The molecule has 0 fully saturated rings. The maximum absolute atomic E-state index is 12.2. The topological polar surface area (TPSA) is 90.5 Å². The lowest BCUT2D eigenvalue weighted by Crippen LogP contribution is -2.52. The first-order chi connectivity index (χ1) is 7.74. The van der Waals surface area contributed by atoms with E-state index in [0.717, 1.165) is 4.31 Å². The van der Waals surface area contributed by atoms with Crippen molar-refractivity contribution in [1.82, 2.24) is 9.29 Å². The van der Waals surface area contributed by atoms with Crippen LogP contribution in [0.3, 0.4) is 0 Å². The van der Waals surface area contributed by atoms with Crippen molar-refractivity contribution < 1.29 is 18.3 Å². The van der Waals surface area contributed by atoms with Crippen molar-refractivity contribution in [2.24, 2.45) is 0 Å². The summed E-state index contributed by atoms with van der Waals surface area (Å²) in [5.41, 5.74) is -1.48. The molecule has 0 unspecified atom stereocenters. The SMILES string of the molecule is CCN(C(C)(C)C(=O)O)S(=O)(=O)c1cc[nH]c1. The molecule has 0 aliphatic carbocycles. The first-order valence-corrected chi connectivity index (χ1v) is 6.57. The summed E-state index contributed by atoms with van der Waals surface area (Å²) in [6.45, 7) is 4.42. The number of nitrogens with one attached hydrogen (secondary N) is 1. The zero-order valence-corrected chi connectivity index (χ0v) is 10.8. The van der Waals surface area contributed by atoms with Gasteiger partial charge in [-0.2, -0.15) is 4.31 Å². The molecule has 0 saturated heterocycles. The first-order valence-electron chi connectivity index (χ1n) is 5.13. The highest BCUT2D eigenvalue weighted by atomic mass is 32.2. The number of carboxylic acid groups (broad SMARTS) is 1. The third-order valence-corrected chi connectivity index (χ3v) is 4.74. The van der Waals surface area contributed by atoms with E-state index in [0.29, 0.717) is 0 Å². The highest BCUT2D eigenvalue weighted by molar-refractivity contribution is 7.89. The van der Waals surface area contributed by atoms with Gasteiger partial charge in [0.05, 0.1) is 4.90 Å². The molecule has 0 saturated carbocycles. The molecule has 1 rings (SSSR count). The van der Waals surface area contributed by atoms with Gasteiger partial charge in [0.25, 0.3) is 0 Å². The number of nitrogens with zero attached hydrogens (tertiary/aromatic N) is 1. The molecule has 2 N–H and O–H groups in total. The van der Waals surface area contributed by atoms with E-state index >= 15 is 0 Å². The Bertz CT molecular complexity index is 490. The summed E-state index contributed by atoms with van der Waals surface area (Å²) >= 11 is 0. The molecule has 1 aromatic heterocycles. The van der Waals surface area contributed by atoms with Gasteiger partial charge in [-0.05, 0) is 19.9 Å². The Morgan fingerprint density at radius 2 is 2.12 bits per heavy atom. The van der Waals surface area contributed by atoms with E-state index in [1.807, 2.05) is 0 Å². The van der Waals surface area contributed by atoms with E-state index in [9.17, 15) is 13.2 Å². The second-order valence-corrected chi connectivity index (χ2v) is 5.94. The number of rotatable bonds is 5. The van der Waals surface area contributed by atoms with Crippen LogP contribution >= 0.6 is 0 Å². The summed E-state index contributed by atoms with van der Waals surface area (Å²) in [6, 6.07) is 1.40. The Labute approximate surface area is 100 Å². The van der Waals surface area contributed by atoms with E-state index in [2.05, 4.69) is 4.98 Å². The number of aliphatic carboxylic acids is 1. The molecule has 0 aliphatic heterocycles. The second-order valence-electron chi connectivity index (χ2n) is 4.08. The number of hydrogen-bond donors (Lipinski definition) is 2. The van der Waals surface area contributed by atoms with Crippen molar-refractivity contribution in [3.05, 3.63) is 18.5 Å². The standard InChI is InChI=1S/C10H16N2O4S/c1-4-12(10(2,3)9(13)14)17(15,16)8-5-6-11-7-8/h5-7,11H,4H2,1-3H3,(H,13,14). The average Bonchev–Trinajstić information content (AvgIpc) is 2.70. The van der Waals surface area contributed by atoms with E-state index in [-0.39, 0.29) is 11.4 Å². The second kappa shape index (κ2) is 4.50. The van der Waals surface area contributed by atoms with Crippen LogP contribution in [-0.2, 0) is 14.8 Å². The summed E-state index contributed by atoms with van der Waals surface area (Å²) in [5, 5.41) is 9.09. The lowest BCUT2D eigenvalue weighted by molar-refractivity contribution is -0.146. The average molecular weight is 260 g/mol. The van der Waals surface area contributed by atoms with Crippen molar-refractivity contribution in [3.63, 3.8) is 0 Å². The molecule has 0 atom stereocenters. The fraction of sp³-hybridized carbons (Fsp3) is 0.500. The van der Waals surface area contributed by atoms with E-state index < -0.39 is 21.5 Å². The van der Waals surface area contributed by atoms with Crippen LogP contribution in [0.5, 0.6) is 0 Å². The summed E-state index contributed by atoms with van der Waals surface area (Å²) in [5.74, 6) is -1.18. The smallest absolute Gasteiger partial charge is 0.324 e. The first kappa shape index (κ1) is 13.7. The van der Waals surface area contributed by atoms with Crippen LogP contribution in [0.1, 0.15) is 20.8 Å². The number of aromatic amines is 1. The number of aromatic nitrogens is 1. The van der Waals surface area contributed by atoms with Gasteiger partial charge in [0.2, 0.25) is 10.0 Å². The predicted octanol–water partition coefficient (Wildman–Crippen LogP) is 0.888. The largest absolute Gasteiger partial charge is 0.480 e. The summed E-state index contributed by atoms with van der Waals surface area (Å²) in [6.07, 6.45) is 2.81. The molecular weight excluding hydrogens is 244 g/mol. The molecule has 0 radical (unpaired) electrons. The molecule has 7 heteroatoms. The van der Waals surface area contributed by atoms with E-state index in [1.165, 1.54) is 32.3 Å². The molecule has 96 valence electrons.